The fourth-order valence-electron chi connectivity index (χ4n) is 2.33. The quantitative estimate of drug-likeness (QED) is 0.381. The summed E-state index contributed by atoms with van der Waals surface area (Å²) < 4.78 is 40.6. The van der Waals surface area contributed by atoms with E-state index in [0.29, 0.717) is 7.48 Å². The first-order valence-corrected chi connectivity index (χ1v) is 7.38. The monoisotopic (exact) mass is 365 g/mol. The van der Waals surface area contributed by atoms with Crippen LogP contribution in [0.2, 0.25) is 0 Å². The molecule has 0 aliphatic rings. The van der Waals surface area contributed by atoms with Gasteiger partial charge in [0.15, 0.2) is 11.6 Å². The highest BCUT2D eigenvalue weighted by Crippen LogP contribution is 2.12. The molecule has 0 unspecified atom stereocenters. The Kier molecular flexibility index (Phi) is 6.43. The Morgan fingerprint density at radius 1 is 1.19 bits per heavy atom. The molecule has 0 aliphatic heterocycles. The molecule has 6 nitrogen and oxygen atoms in total. The summed E-state index contributed by atoms with van der Waals surface area (Å²) in [5.74, 6) is -4.03. The van der Waals surface area contributed by atoms with Gasteiger partial charge in [0.05, 0.1) is 6.54 Å². The Hall–Kier alpha value is -2.33. The Labute approximate surface area is 148 Å². The molecule has 0 heterocycles. The molecular formula is C15H14B2F3N2O4. The van der Waals surface area contributed by atoms with Gasteiger partial charge in [0.25, 0.3) is 5.91 Å². The molecule has 0 saturated heterocycles. The number of carbonyl (C=O) groups is 1. The van der Waals surface area contributed by atoms with Gasteiger partial charge in [-0.15, -0.1) is 0 Å². The molecule has 0 bridgehead atoms. The van der Waals surface area contributed by atoms with Gasteiger partial charge < -0.3 is 15.1 Å². The predicted octanol–water partition coefficient (Wildman–Crippen LogP) is -1.20. The van der Waals surface area contributed by atoms with Crippen molar-refractivity contribution in [2.24, 2.45) is 0 Å². The maximum Gasteiger partial charge on any atom is 0.488 e. The first kappa shape index (κ1) is 20.0. The third-order valence-corrected chi connectivity index (χ3v) is 3.58. The van der Waals surface area contributed by atoms with Crippen LogP contribution >= 0.6 is 0 Å². The third-order valence-electron chi connectivity index (χ3n) is 3.58. The average Bonchev–Trinajstić information content (AvgIpc) is 2.61. The summed E-state index contributed by atoms with van der Waals surface area (Å²) in [4.78, 5) is 12.5. The molecule has 4 N–H and O–H groups in total. The van der Waals surface area contributed by atoms with Crippen molar-refractivity contribution in [2.45, 2.75) is 6.54 Å². The molecule has 11 heteroatoms. The van der Waals surface area contributed by atoms with Crippen molar-refractivity contribution in [3.63, 3.8) is 0 Å². The van der Waals surface area contributed by atoms with Gasteiger partial charge in [0.1, 0.15) is 5.82 Å². The standard InChI is InChI=1S/C15H14B2F3N2O4/c1-21-22(7-8-2-12(16-24)14(20)13(19)3-8)15(23)9-4-10(17(25)26)6-11(18)5-9/h2-6,21,24-26H,7H2,1H3. The first-order chi connectivity index (χ1) is 12.3. The van der Waals surface area contributed by atoms with Gasteiger partial charge in [-0.25, -0.2) is 18.6 Å². The zero-order valence-corrected chi connectivity index (χ0v) is 13.6. The number of amides is 1. The van der Waals surface area contributed by atoms with E-state index < -0.39 is 30.5 Å². The van der Waals surface area contributed by atoms with E-state index >= 15 is 0 Å². The lowest BCUT2D eigenvalue weighted by atomic mass is 9.79. The maximum atomic E-state index is 13.6. The summed E-state index contributed by atoms with van der Waals surface area (Å²) in [7, 11) is -0.179. The summed E-state index contributed by atoms with van der Waals surface area (Å²) in [6.45, 7) is -0.235. The third kappa shape index (κ3) is 4.44. The van der Waals surface area contributed by atoms with Gasteiger partial charge in [-0.3, -0.25) is 9.80 Å². The molecule has 1 amide bonds. The van der Waals surface area contributed by atoms with Crippen LogP contribution in [0.3, 0.4) is 0 Å². The van der Waals surface area contributed by atoms with Gasteiger partial charge in [-0.2, -0.15) is 0 Å². The second kappa shape index (κ2) is 8.37. The van der Waals surface area contributed by atoms with Gasteiger partial charge in [-0.1, -0.05) is 6.07 Å². The second-order valence-electron chi connectivity index (χ2n) is 5.37. The Bertz CT molecular complexity index is 824. The van der Waals surface area contributed by atoms with Gasteiger partial charge in [-0.05, 0) is 40.8 Å². The van der Waals surface area contributed by atoms with Gasteiger partial charge in [0, 0.05) is 12.6 Å². The first-order valence-electron chi connectivity index (χ1n) is 7.38. The van der Waals surface area contributed by atoms with Crippen LogP contribution in [0.5, 0.6) is 0 Å². The molecule has 2 aromatic rings. The van der Waals surface area contributed by atoms with Crippen molar-refractivity contribution in [2.75, 3.05) is 7.05 Å². The summed E-state index contributed by atoms with van der Waals surface area (Å²) >= 11 is 0. The Morgan fingerprint density at radius 3 is 2.46 bits per heavy atom. The normalized spacial score (nSPS) is 10.6. The number of hydrazine groups is 1. The fraction of sp³-hybridized carbons (Fsp3) is 0.133. The SMILES string of the molecule is CNN(Cc1cc(F)c(F)c([B]O)c1)C(=O)c1cc(F)cc(B(O)O)c1. The number of carbonyl (C=O) groups excluding carboxylic acids is 1. The van der Waals surface area contributed by atoms with Crippen LogP contribution in [-0.2, 0) is 6.54 Å². The van der Waals surface area contributed by atoms with Crippen LogP contribution in [0.1, 0.15) is 15.9 Å². The van der Waals surface area contributed by atoms with Crippen molar-refractivity contribution in [3.05, 3.63) is 58.9 Å². The smallest absolute Gasteiger partial charge is 0.450 e. The molecule has 0 atom stereocenters. The molecule has 0 saturated carbocycles. The van der Waals surface area contributed by atoms with Crippen molar-refractivity contribution in [1.29, 1.82) is 0 Å². The van der Waals surface area contributed by atoms with Crippen LogP contribution in [0.4, 0.5) is 13.2 Å². The Morgan fingerprint density at radius 2 is 1.88 bits per heavy atom. The second-order valence-corrected chi connectivity index (χ2v) is 5.37. The summed E-state index contributed by atoms with van der Waals surface area (Å²) in [6, 6.07) is 4.86. The lowest BCUT2D eigenvalue weighted by Gasteiger charge is -2.22. The minimum Gasteiger partial charge on any atom is -0.450 e. The molecular weight excluding hydrogens is 351 g/mol. The van der Waals surface area contributed by atoms with E-state index in [1.165, 1.54) is 7.05 Å². The fourth-order valence-corrected chi connectivity index (χ4v) is 2.33. The molecule has 135 valence electrons. The van der Waals surface area contributed by atoms with Crippen LogP contribution in [-0.4, -0.2) is 47.6 Å². The maximum absolute atomic E-state index is 13.6. The van der Waals surface area contributed by atoms with E-state index in [9.17, 15) is 18.0 Å². The Balaban J connectivity index is 2.31. The van der Waals surface area contributed by atoms with E-state index in [4.69, 9.17) is 15.1 Å². The molecule has 1 radical (unpaired) electrons. The van der Waals surface area contributed by atoms with E-state index in [0.717, 1.165) is 35.3 Å². The number of hydrogen-bond acceptors (Lipinski definition) is 5. The van der Waals surface area contributed by atoms with E-state index in [-0.39, 0.29) is 28.6 Å². The van der Waals surface area contributed by atoms with Crippen molar-refractivity contribution in [1.82, 2.24) is 10.4 Å². The molecule has 0 aromatic heterocycles. The lowest BCUT2D eigenvalue weighted by Crippen LogP contribution is -2.41. The molecule has 2 aromatic carbocycles. The minimum absolute atomic E-state index is 0.158. The number of nitrogens with one attached hydrogen (secondary N) is 1. The number of rotatable bonds is 6. The van der Waals surface area contributed by atoms with Crippen LogP contribution in [0.25, 0.3) is 0 Å². The van der Waals surface area contributed by atoms with Crippen molar-refractivity contribution in [3.8, 4) is 0 Å². The largest absolute Gasteiger partial charge is 0.488 e. The minimum atomic E-state index is -1.96. The molecule has 26 heavy (non-hydrogen) atoms. The van der Waals surface area contributed by atoms with E-state index in [1.807, 2.05) is 0 Å². The topological polar surface area (TPSA) is 93.0 Å². The molecule has 0 spiro atoms. The lowest BCUT2D eigenvalue weighted by molar-refractivity contribution is 0.0663. The van der Waals surface area contributed by atoms with Gasteiger partial charge >= 0.3 is 14.6 Å². The van der Waals surface area contributed by atoms with E-state index in [1.54, 1.807) is 0 Å². The highest BCUT2D eigenvalue weighted by Gasteiger charge is 2.21. The molecule has 0 aliphatic carbocycles. The van der Waals surface area contributed by atoms with Crippen molar-refractivity contribution < 1.29 is 33.0 Å². The number of halogens is 3. The zero-order chi connectivity index (χ0) is 19.4. The van der Waals surface area contributed by atoms with Crippen LogP contribution in [0, 0.1) is 17.5 Å². The predicted molar refractivity (Wildman–Crippen MR) is 89.1 cm³/mol. The average molecular weight is 365 g/mol. The number of benzene rings is 2. The summed E-state index contributed by atoms with van der Waals surface area (Å²) in [5, 5.41) is 28.2. The van der Waals surface area contributed by atoms with Crippen LogP contribution < -0.4 is 16.4 Å². The van der Waals surface area contributed by atoms with Crippen molar-refractivity contribution >= 4 is 31.4 Å². The van der Waals surface area contributed by atoms with E-state index in [2.05, 4.69) is 5.43 Å². The van der Waals surface area contributed by atoms with Gasteiger partial charge in [0.2, 0.25) is 0 Å². The number of hydrogen-bond donors (Lipinski definition) is 4. The summed E-state index contributed by atoms with van der Waals surface area (Å²) in [5.41, 5.74) is 1.91. The highest BCUT2D eigenvalue weighted by molar-refractivity contribution is 6.58. The summed E-state index contributed by atoms with van der Waals surface area (Å²) in [6.07, 6.45) is 0. The number of nitrogens with zero attached hydrogens (tertiary/aromatic N) is 1. The molecule has 2 rings (SSSR count). The molecule has 0 fully saturated rings. The zero-order valence-electron chi connectivity index (χ0n) is 13.6. The van der Waals surface area contributed by atoms with Crippen LogP contribution in [0.15, 0.2) is 30.3 Å². The highest BCUT2D eigenvalue weighted by atomic mass is 19.2.